The lowest BCUT2D eigenvalue weighted by molar-refractivity contribution is -0.137. The third-order valence-electron chi connectivity index (χ3n) is 1.71. The first kappa shape index (κ1) is 10.4. The predicted molar refractivity (Wildman–Crippen MR) is 49.9 cm³/mol. The number of hydrogen-bond acceptors (Lipinski definition) is 4. The zero-order valence-corrected chi connectivity index (χ0v) is 8.11. The Morgan fingerprint density at radius 3 is 2.79 bits per heavy atom. The van der Waals surface area contributed by atoms with Crippen molar-refractivity contribution in [2.45, 2.75) is 13.8 Å². The Kier molecular flexibility index (Phi) is 3.34. The molecule has 0 saturated carbocycles. The highest BCUT2D eigenvalue weighted by atomic mass is 16.5. The van der Waals surface area contributed by atoms with E-state index < -0.39 is 11.8 Å². The van der Waals surface area contributed by atoms with Crippen LogP contribution < -0.4 is 0 Å². The Labute approximate surface area is 81.9 Å². The maximum absolute atomic E-state index is 11.4. The van der Waals surface area contributed by atoms with E-state index in [-0.39, 0.29) is 6.61 Å². The van der Waals surface area contributed by atoms with E-state index in [1.807, 2.05) is 0 Å². The zero-order valence-electron chi connectivity index (χ0n) is 8.11. The van der Waals surface area contributed by atoms with Crippen molar-refractivity contribution in [1.82, 2.24) is 4.98 Å². The van der Waals surface area contributed by atoms with Gasteiger partial charge in [-0.25, -0.2) is 4.79 Å². The molecular weight excluding hydrogens is 182 g/mol. The number of aromatic nitrogens is 1. The highest BCUT2D eigenvalue weighted by Gasteiger charge is 2.19. The van der Waals surface area contributed by atoms with Crippen molar-refractivity contribution in [3.8, 4) is 0 Å². The van der Waals surface area contributed by atoms with E-state index in [0.29, 0.717) is 11.3 Å². The van der Waals surface area contributed by atoms with Crippen LogP contribution in [0.25, 0.3) is 0 Å². The van der Waals surface area contributed by atoms with E-state index in [0.717, 1.165) is 0 Å². The number of carbonyl (C=O) groups is 2. The molecule has 0 unspecified atom stereocenters. The number of carbonyl (C=O) groups excluding carboxylic acids is 2. The molecule has 4 heteroatoms. The third kappa shape index (κ3) is 2.16. The molecule has 1 heterocycles. The van der Waals surface area contributed by atoms with Gasteiger partial charge in [0, 0.05) is 11.9 Å². The minimum Gasteiger partial charge on any atom is -0.460 e. The first-order chi connectivity index (χ1) is 6.66. The summed E-state index contributed by atoms with van der Waals surface area (Å²) in [5, 5.41) is 0. The standard InChI is InChI=1S/C10H11NO3/c1-3-14-10(13)9(12)8-5-4-6-11-7(8)2/h4-6H,3H2,1-2H3. The lowest BCUT2D eigenvalue weighted by Crippen LogP contribution is -2.18. The van der Waals surface area contributed by atoms with Crippen LogP contribution in [0.1, 0.15) is 23.0 Å². The first-order valence-electron chi connectivity index (χ1n) is 4.30. The molecule has 0 amide bonds. The molecule has 0 fully saturated rings. The van der Waals surface area contributed by atoms with Crippen LogP contribution >= 0.6 is 0 Å². The van der Waals surface area contributed by atoms with Gasteiger partial charge in [-0.05, 0) is 26.0 Å². The third-order valence-corrected chi connectivity index (χ3v) is 1.71. The molecule has 1 rings (SSSR count). The van der Waals surface area contributed by atoms with Gasteiger partial charge in [0.05, 0.1) is 12.2 Å². The predicted octanol–water partition coefficient (Wildman–Crippen LogP) is 1.14. The summed E-state index contributed by atoms with van der Waals surface area (Å²) in [5.74, 6) is -1.47. The Bertz CT molecular complexity index is 360. The first-order valence-corrected chi connectivity index (χ1v) is 4.30. The van der Waals surface area contributed by atoms with Gasteiger partial charge in [-0.1, -0.05) is 0 Å². The van der Waals surface area contributed by atoms with Gasteiger partial charge in [0.25, 0.3) is 5.78 Å². The van der Waals surface area contributed by atoms with Crippen molar-refractivity contribution < 1.29 is 14.3 Å². The zero-order chi connectivity index (χ0) is 10.6. The molecular formula is C10H11NO3. The van der Waals surface area contributed by atoms with E-state index in [4.69, 9.17) is 0 Å². The molecule has 0 radical (unpaired) electrons. The summed E-state index contributed by atoms with van der Waals surface area (Å²) in [6, 6.07) is 3.17. The van der Waals surface area contributed by atoms with Gasteiger partial charge in [-0.15, -0.1) is 0 Å². The van der Waals surface area contributed by atoms with Crippen molar-refractivity contribution >= 4 is 11.8 Å². The molecule has 0 bridgehead atoms. The van der Waals surface area contributed by atoms with Crippen molar-refractivity contribution in [1.29, 1.82) is 0 Å². The second-order valence-electron chi connectivity index (χ2n) is 2.69. The van der Waals surface area contributed by atoms with Gasteiger partial charge >= 0.3 is 5.97 Å². The molecule has 0 aliphatic carbocycles. The summed E-state index contributed by atoms with van der Waals surface area (Å²) in [5.41, 5.74) is 0.830. The molecule has 14 heavy (non-hydrogen) atoms. The quantitative estimate of drug-likeness (QED) is 0.410. The van der Waals surface area contributed by atoms with E-state index in [9.17, 15) is 9.59 Å². The Morgan fingerprint density at radius 1 is 1.50 bits per heavy atom. The second kappa shape index (κ2) is 4.50. The summed E-state index contributed by atoms with van der Waals surface area (Å²) < 4.78 is 4.60. The number of ether oxygens (including phenoxy) is 1. The summed E-state index contributed by atoms with van der Waals surface area (Å²) in [7, 11) is 0. The molecule has 1 aromatic rings. The monoisotopic (exact) mass is 193 g/mol. The smallest absolute Gasteiger partial charge is 0.379 e. The molecule has 0 aromatic carbocycles. The van der Waals surface area contributed by atoms with Gasteiger partial charge in [-0.2, -0.15) is 0 Å². The molecule has 1 aromatic heterocycles. The van der Waals surface area contributed by atoms with Gasteiger partial charge in [0.15, 0.2) is 0 Å². The van der Waals surface area contributed by atoms with Gasteiger partial charge in [0.2, 0.25) is 0 Å². The van der Waals surface area contributed by atoms with Crippen LogP contribution in [-0.2, 0) is 9.53 Å². The Balaban J connectivity index is 2.90. The molecule has 0 aliphatic rings. The summed E-state index contributed by atoms with van der Waals surface area (Å²) in [4.78, 5) is 26.5. The molecule has 0 spiro atoms. The summed E-state index contributed by atoms with van der Waals surface area (Å²) >= 11 is 0. The van der Waals surface area contributed by atoms with Gasteiger partial charge < -0.3 is 4.74 Å². The van der Waals surface area contributed by atoms with Crippen molar-refractivity contribution in [3.05, 3.63) is 29.6 Å². The van der Waals surface area contributed by atoms with Crippen LogP contribution in [0.4, 0.5) is 0 Å². The van der Waals surface area contributed by atoms with Gasteiger partial charge in [-0.3, -0.25) is 9.78 Å². The van der Waals surface area contributed by atoms with Crippen molar-refractivity contribution in [3.63, 3.8) is 0 Å². The van der Waals surface area contributed by atoms with E-state index in [2.05, 4.69) is 9.72 Å². The molecule has 74 valence electrons. The number of hydrogen-bond donors (Lipinski definition) is 0. The molecule has 0 atom stereocenters. The summed E-state index contributed by atoms with van der Waals surface area (Å²) in [6.07, 6.45) is 1.57. The number of rotatable bonds is 3. The van der Waals surface area contributed by atoms with Crippen LogP contribution in [0.5, 0.6) is 0 Å². The van der Waals surface area contributed by atoms with Crippen molar-refractivity contribution in [2.75, 3.05) is 6.61 Å². The van der Waals surface area contributed by atoms with Crippen LogP contribution in [0, 0.1) is 6.92 Å². The lowest BCUT2D eigenvalue weighted by atomic mass is 10.1. The van der Waals surface area contributed by atoms with E-state index in [1.165, 1.54) is 0 Å². The minimum absolute atomic E-state index is 0.198. The normalized spacial score (nSPS) is 9.57. The van der Waals surface area contributed by atoms with Crippen LogP contribution in [0.3, 0.4) is 0 Å². The fourth-order valence-electron chi connectivity index (χ4n) is 1.03. The van der Waals surface area contributed by atoms with Crippen LogP contribution in [0.2, 0.25) is 0 Å². The summed E-state index contributed by atoms with van der Waals surface area (Å²) in [6.45, 7) is 3.53. The second-order valence-corrected chi connectivity index (χ2v) is 2.69. The van der Waals surface area contributed by atoms with Crippen molar-refractivity contribution in [2.24, 2.45) is 0 Å². The van der Waals surface area contributed by atoms with E-state index >= 15 is 0 Å². The fourth-order valence-corrected chi connectivity index (χ4v) is 1.03. The average molecular weight is 193 g/mol. The van der Waals surface area contributed by atoms with Crippen LogP contribution in [-0.4, -0.2) is 23.3 Å². The van der Waals surface area contributed by atoms with Gasteiger partial charge in [0.1, 0.15) is 0 Å². The number of esters is 1. The molecule has 0 saturated heterocycles. The van der Waals surface area contributed by atoms with E-state index in [1.54, 1.807) is 32.2 Å². The number of ketones is 1. The molecule has 0 N–H and O–H groups in total. The number of nitrogens with zero attached hydrogens (tertiary/aromatic N) is 1. The number of Topliss-reactive ketones (excluding diaryl/α,β-unsaturated/α-hetero) is 1. The molecule has 0 aliphatic heterocycles. The number of pyridine rings is 1. The number of aryl methyl sites for hydroxylation is 1. The SMILES string of the molecule is CCOC(=O)C(=O)c1cccnc1C. The largest absolute Gasteiger partial charge is 0.460 e. The average Bonchev–Trinajstić information content (AvgIpc) is 2.18. The Hall–Kier alpha value is -1.71. The highest BCUT2D eigenvalue weighted by molar-refractivity contribution is 6.40. The minimum atomic E-state index is -0.830. The topological polar surface area (TPSA) is 56.3 Å². The maximum Gasteiger partial charge on any atom is 0.379 e. The fraction of sp³-hybridized carbons (Fsp3) is 0.300. The lowest BCUT2D eigenvalue weighted by Gasteiger charge is -2.02. The molecule has 4 nitrogen and oxygen atoms in total. The highest BCUT2D eigenvalue weighted by Crippen LogP contribution is 2.05. The van der Waals surface area contributed by atoms with Crippen LogP contribution in [0.15, 0.2) is 18.3 Å². The Morgan fingerprint density at radius 2 is 2.21 bits per heavy atom. The maximum atomic E-state index is 11.4.